The van der Waals surface area contributed by atoms with E-state index < -0.39 is 11.8 Å². The van der Waals surface area contributed by atoms with E-state index in [0.29, 0.717) is 4.47 Å². The molecule has 3 N–H and O–H groups in total. The Balaban J connectivity index is 3.25. The molecule has 1 aromatic heterocycles. The van der Waals surface area contributed by atoms with Crippen LogP contribution in [0.25, 0.3) is 0 Å². The molecule has 1 rings (SSSR count). The van der Waals surface area contributed by atoms with Gasteiger partial charge in [-0.05, 0) is 12.1 Å². The molecule has 0 radical (unpaired) electrons. The first-order chi connectivity index (χ1) is 6.02. The number of aromatic nitrogens is 1. The van der Waals surface area contributed by atoms with Gasteiger partial charge in [-0.2, -0.15) is 0 Å². The highest BCUT2D eigenvalue weighted by Gasteiger charge is 2.08. The van der Waals surface area contributed by atoms with E-state index >= 15 is 0 Å². The third-order valence-electron chi connectivity index (χ3n) is 1.36. The number of carbonyl (C=O) groups is 1. The van der Waals surface area contributed by atoms with Crippen LogP contribution in [-0.2, 0) is 4.79 Å². The summed E-state index contributed by atoms with van der Waals surface area (Å²) in [6, 6.07) is 2.98. The van der Waals surface area contributed by atoms with Crippen LogP contribution >= 0.6 is 15.9 Å². The fourth-order valence-electron chi connectivity index (χ4n) is 0.772. The van der Waals surface area contributed by atoms with Crippen LogP contribution in [0.3, 0.4) is 0 Å². The van der Waals surface area contributed by atoms with Crippen molar-refractivity contribution in [2.45, 2.75) is 0 Å². The molecule has 68 valence electrons. The fourth-order valence-corrected chi connectivity index (χ4v) is 1.11. The Morgan fingerprint density at radius 3 is 2.69 bits per heavy atom. The Morgan fingerprint density at radius 2 is 2.23 bits per heavy atom. The molecule has 5 nitrogen and oxygen atoms in total. The maximum absolute atomic E-state index is 10.4. The van der Waals surface area contributed by atoms with Gasteiger partial charge in [0.15, 0.2) is 0 Å². The molecule has 0 fully saturated rings. The summed E-state index contributed by atoms with van der Waals surface area (Å²) < 4.78 is 1.64. The van der Waals surface area contributed by atoms with Gasteiger partial charge in [-0.3, -0.25) is 15.4 Å². The molecule has 0 aliphatic rings. The van der Waals surface area contributed by atoms with Crippen LogP contribution in [0.1, 0.15) is 0 Å². The molecule has 0 aliphatic heterocycles. The van der Waals surface area contributed by atoms with E-state index in [2.05, 4.69) is 15.9 Å². The second-order valence-electron chi connectivity index (χ2n) is 2.25. The van der Waals surface area contributed by atoms with Crippen molar-refractivity contribution in [3.63, 3.8) is 0 Å². The van der Waals surface area contributed by atoms with Gasteiger partial charge in [-0.1, -0.05) is 15.9 Å². The van der Waals surface area contributed by atoms with Crippen LogP contribution in [0.4, 0.5) is 0 Å². The van der Waals surface area contributed by atoms with Crippen molar-refractivity contribution >= 4 is 27.7 Å². The van der Waals surface area contributed by atoms with Gasteiger partial charge in [-0.15, -0.1) is 0 Å². The summed E-state index contributed by atoms with van der Waals surface area (Å²) in [5, 5.41) is 23.0. The van der Waals surface area contributed by atoms with Crippen molar-refractivity contribution in [2.24, 2.45) is 0 Å². The molecule has 6 heteroatoms. The number of nitrogens with one attached hydrogen (secondary N) is 2. The number of halogens is 1. The number of carboxylic acid groups (broad SMARTS) is 1. The highest BCUT2D eigenvalue weighted by atomic mass is 79.9. The van der Waals surface area contributed by atoms with Gasteiger partial charge in [0.25, 0.3) is 0 Å². The van der Waals surface area contributed by atoms with Gasteiger partial charge in [0.2, 0.25) is 5.84 Å². The highest BCUT2D eigenvalue weighted by molar-refractivity contribution is 9.10. The van der Waals surface area contributed by atoms with Crippen molar-refractivity contribution in [3.05, 3.63) is 28.3 Å². The summed E-state index contributed by atoms with van der Waals surface area (Å²) in [7, 11) is 0. The molecular weight excluding hydrogens is 238 g/mol. The van der Waals surface area contributed by atoms with Crippen LogP contribution in [-0.4, -0.2) is 21.5 Å². The first kappa shape index (κ1) is 9.66. The van der Waals surface area contributed by atoms with Gasteiger partial charge >= 0.3 is 5.97 Å². The van der Waals surface area contributed by atoms with E-state index in [1.54, 1.807) is 6.07 Å². The SMILES string of the molecule is N=C(C(=O)O)n1ccc(Br)cc1=N. The van der Waals surface area contributed by atoms with Gasteiger partial charge in [0, 0.05) is 10.7 Å². The molecule has 0 bridgehead atoms. The third kappa shape index (κ3) is 2.03. The minimum Gasteiger partial charge on any atom is -0.475 e. The van der Waals surface area contributed by atoms with Gasteiger partial charge in [0.1, 0.15) is 5.49 Å². The average molecular weight is 244 g/mol. The zero-order valence-electron chi connectivity index (χ0n) is 6.41. The molecule has 0 atom stereocenters. The second-order valence-corrected chi connectivity index (χ2v) is 3.17. The number of rotatable bonds is 0. The summed E-state index contributed by atoms with van der Waals surface area (Å²) in [6.45, 7) is 0. The van der Waals surface area contributed by atoms with Crippen LogP contribution in [0.2, 0.25) is 0 Å². The lowest BCUT2D eigenvalue weighted by molar-refractivity contribution is -0.129. The molecule has 0 unspecified atom stereocenters. The second kappa shape index (κ2) is 3.53. The number of hydrogen-bond acceptors (Lipinski definition) is 3. The van der Waals surface area contributed by atoms with Gasteiger partial charge in [0.05, 0.1) is 0 Å². The first-order valence-corrected chi connectivity index (χ1v) is 4.06. The molecule has 1 aromatic rings. The van der Waals surface area contributed by atoms with E-state index in [9.17, 15) is 4.79 Å². The summed E-state index contributed by atoms with van der Waals surface area (Å²) in [5.74, 6) is -2.00. The molecule has 0 saturated heterocycles. The first-order valence-electron chi connectivity index (χ1n) is 3.27. The largest absolute Gasteiger partial charge is 0.475 e. The zero-order chi connectivity index (χ0) is 10.0. The standard InChI is InChI=1S/C7H6BrN3O2/c8-4-1-2-11(5(9)3-4)6(10)7(12)13/h1-3,9-10H,(H,12,13). The Bertz CT molecular complexity index is 424. The van der Waals surface area contributed by atoms with Crippen LogP contribution < -0.4 is 5.49 Å². The predicted octanol–water partition coefficient (Wildman–Crippen LogP) is 0.640. The van der Waals surface area contributed by atoms with E-state index in [4.69, 9.17) is 15.9 Å². The maximum Gasteiger partial charge on any atom is 0.371 e. The van der Waals surface area contributed by atoms with Crippen LogP contribution in [0.5, 0.6) is 0 Å². The minimum atomic E-state index is -1.36. The normalized spacial score (nSPS) is 9.62. The van der Waals surface area contributed by atoms with E-state index in [-0.39, 0.29) is 5.49 Å². The van der Waals surface area contributed by atoms with Crippen molar-refractivity contribution in [1.29, 1.82) is 10.8 Å². The van der Waals surface area contributed by atoms with Gasteiger partial charge in [-0.25, -0.2) is 4.79 Å². The third-order valence-corrected chi connectivity index (χ3v) is 1.85. The maximum atomic E-state index is 10.4. The number of carboxylic acids is 1. The topological polar surface area (TPSA) is 89.9 Å². The minimum absolute atomic E-state index is 0.0539. The smallest absolute Gasteiger partial charge is 0.371 e. The fraction of sp³-hybridized carbons (Fsp3) is 0. The Hall–Kier alpha value is -1.43. The Morgan fingerprint density at radius 1 is 1.62 bits per heavy atom. The summed E-state index contributed by atoms with van der Waals surface area (Å²) in [6.07, 6.45) is 1.35. The van der Waals surface area contributed by atoms with Crippen LogP contribution in [0, 0.1) is 10.8 Å². The molecule has 0 aliphatic carbocycles. The number of nitrogens with zero attached hydrogens (tertiary/aromatic N) is 1. The van der Waals surface area contributed by atoms with Crippen molar-refractivity contribution < 1.29 is 9.90 Å². The van der Waals surface area contributed by atoms with E-state index in [1.165, 1.54) is 12.3 Å². The Labute approximate surface area is 81.8 Å². The lowest BCUT2D eigenvalue weighted by Gasteiger charge is -2.03. The highest BCUT2D eigenvalue weighted by Crippen LogP contribution is 2.03. The van der Waals surface area contributed by atoms with Crippen LogP contribution in [0.15, 0.2) is 22.8 Å². The van der Waals surface area contributed by atoms with E-state index in [1.807, 2.05) is 0 Å². The van der Waals surface area contributed by atoms with Gasteiger partial charge < -0.3 is 5.11 Å². The molecule has 13 heavy (non-hydrogen) atoms. The van der Waals surface area contributed by atoms with Crippen molar-refractivity contribution in [2.75, 3.05) is 0 Å². The van der Waals surface area contributed by atoms with E-state index in [0.717, 1.165) is 4.57 Å². The summed E-state index contributed by atoms with van der Waals surface area (Å²) >= 11 is 3.13. The number of pyridine rings is 1. The monoisotopic (exact) mass is 243 g/mol. The predicted molar refractivity (Wildman–Crippen MR) is 48.7 cm³/mol. The molecular formula is C7H6BrN3O2. The lowest BCUT2D eigenvalue weighted by atomic mass is 10.4. The molecule has 0 amide bonds. The summed E-state index contributed by atoms with van der Waals surface area (Å²) in [4.78, 5) is 10.4. The summed E-state index contributed by atoms with van der Waals surface area (Å²) in [5.41, 5.74) is -0.0539. The molecule has 0 saturated carbocycles. The Kier molecular flexibility index (Phi) is 2.62. The number of aliphatic carboxylic acids is 1. The molecule has 0 spiro atoms. The van der Waals surface area contributed by atoms with Crippen molar-refractivity contribution in [3.8, 4) is 0 Å². The zero-order valence-corrected chi connectivity index (χ0v) is 8.00. The van der Waals surface area contributed by atoms with Crippen molar-refractivity contribution in [1.82, 2.24) is 4.57 Å². The molecule has 0 aromatic carbocycles. The molecule has 1 heterocycles. The lowest BCUT2D eigenvalue weighted by Crippen LogP contribution is -2.31. The number of hydrogen-bond donors (Lipinski definition) is 3. The average Bonchev–Trinajstić information content (AvgIpc) is 2.03. The quantitative estimate of drug-likeness (QED) is 0.461.